The van der Waals surface area contributed by atoms with Crippen LogP contribution < -0.4 is 15.2 Å². The minimum atomic E-state index is -1.04. The predicted octanol–water partition coefficient (Wildman–Crippen LogP) is 1.42. The van der Waals surface area contributed by atoms with Crippen molar-refractivity contribution in [3.8, 4) is 11.5 Å². The van der Waals surface area contributed by atoms with E-state index in [1.807, 2.05) is 0 Å². The van der Waals surface area contributed by atoms with E-state index in [4.69, 9.17) is 20.3 Å². The van der Waals surface area contributed by atoms with Gasteiger partial charge in [0, 0.05) is 0 Å². The molecule has 6 heteroatoms. The van der Waals surface area contributed by atoms with Crippen molar-refractivity contribution in [2.45, 2.75) is 12.5 Å². The Kier molecular flexibility index (Phi) is 4.77. The minimum absolute atomic E-state index is 0.219. The molecule has 5 nitrogen and oxygen atoms in total. The molecule has 0 aromatic heterocycles. The molecular weight excluding hydrogens is 290 g/mol. The van der Waals surface area contributed by atoms with Crippen LogP contribution in [0.25, 0.3) is 0 Å². The molecular formula is C11H14BrNO4. The average molecular weight is 304 g/mol. The molecule has 0 radical (unpaired) electrons. The van der Waals surface area contributed by atoms with Gasteiger partial charge in [-0.15, -0.1) is 0 Å². The molecule has 94 valence electrons. The summed E-state index contributed by atoms with van der Waals surface area (Å²) in [6, 6.07) is 2.53. The van der Waals surface area contributed by atoms with Crippen molar-refractivity contribution in [2.24, 2.45) is 5.73 Å². The first-order chi connectivity index (χ1) is 8.01. The molecule has 0 saturated heterocycles. The third-order valence-electron chi connectivity index (χ3n) is 2.32. The number of hydrogen-bond acceptors (Lipinski definition) is 4. The fraction of sp³-hybridized carbons (Fsp3) is 0.364. The highest BCUT2D eigenvalue weighted by Gasteiger charge is 2.18. The van der Waals surface area contributed by atoms with Crippen LogP contribution in [0.5, 0.6) is 11.5 Å². The van der Waals surface area contributed by atoms with E-state index >= 15 is 0 Å². The van der Waals surface area contributed by atoms with Crippen LogP contribution in [0.15, 0.2) is 16.6 Å². The molecule has 0 saturated carbocycles. The maximum Gasteiger partial charge on any atom is 0.320 e. The Morgan fingerprint density at radius 2 is 2.12 bits per heavy atom. The molecule has 0 amide bonds. The van der Waals surface area contributed by atoms with Crippen LogP contribution in [0.1, 0.15) is 5.56 Å². The molecule has 1 aromatic carbocycles. The Balaban J connectivity index is 3.06. The van der Waals surface area contributed by atoms with Gasteiger partial charge in [-0.3, -0.25) is 4.79 Å². The van der Waals surface area contributed by atoms with Gasteiger partial charge < -0.3 is 20.3 Å². The van der Waals surface area contributed by atoms with Gasteiger partial charge in [-0.25, -0.2) is 0 Å². The molecule has 1 atom stereocenters. The van der Waals surface area contributed by atoms with Crippen LogP contribution in [0.4, 0.5) is 0 Å². The van der Waals surface area contributed by atoms with Crippen molar-refractivity contribution in [3.05, 3.63) is 22.2 Å². The Morgan fingerprint density at radius 3 is 2.59 bits per heavy atom. The zero-order valence-electron chi connectivity index (χ0n) is 9.57. The third kappa shape index (κ3) is 3.10. The van der Waals surface area contributed by atoms with Gasteiger partial charge in [0.2, 0.25) is 0 Å². The zero-order valence-corrected chi connectivity index (χ0v) is 11.2. The number of ether oxygens (including phenoxy) is 2. The lowest BCUT2D eigenvalue weighted by atomic mass is 10.1. The summed E-state index contributed by atoms with van der Waals surface area (Å²) >= 11 is 3.36. The first-order valence-electron chi connectivity index (χ1n) is 4.89. The van der Waals surface area contributed by atoms with E-state index in [0.717, 1.165) is 5.56 Å². The summed E-state index contributed by atoms with van der Waals surface area (Å²) in [7, 11) is 3.05. The summed E-state index contributed by atoms with van der Waals surface area (Å²) in [5.74, 6) is 0.0706. The predicted molar refractivity (Wildman–Crippen MR) is 66.6 cm³/mol. The number of hydrogen-bond donors (Lipinski definition) is 2. The first-order valence-corrected chi connectivity index (χ1v) is 5.68. The van der Waals surface area contributed by atoms with E-state index in [1.54, 1.807) is 12.1 Å². The van der Waals surface area contributed by atoms with E-state index in [-0.39, 0.29) is 6.42 Å². The second-order valence-corrected chi connectivity index (χ2v) is 4.22. The summed E-state index contributed by atoms with van der Waals surface area (Å²) < 4.78 is 11.0. The maximum absolute atomic E-state index is 10.7. The molecule has 1 unspecified atom stereocenters. The summed E-state index contributed by atoms with van der Waals surface area (Å²) in [5.41, 5.74) is 6.25. The molecule has 0 spiro atoms. The number of rotatable bonds is 5. The van der Waals surface area contributed by atoms with Gasteiger partial charge in [0.25, 0.3) is 0 Å². The van der Waals surface area contributed by atoms with Crippen LogP contribution in [0.2, 0.25) is 0 Å². The highest BCUT2D eigenvalue weighted by Crippen LogP contribution is 2.37. The molecule has 0 aliphatic rings. The van der Waals surface area contributed by atoms with E-state index in [0.29, 0.717) is 16.0 Å². The lowest BCUT2D eigenvalue weighted by Gasteiger charge is -2.14. The maximum atomic E-state index is 10.7. The minimum Gasteiger partial charge on any atom is -0.493 e. The van der Waals surface area contributed by atoms with Gasteiger partial charge in [-0.05, 0) is 34.0 Å². The third-order valence-corrected chi connectivity index (χ3v) is 3.19. The summed E-state index contributed by atoms with van der Waals surface area (Å²) in [5, 5.41) is 8.77. The van der Waals surface area contributed by atoms with Gasteiger partial charge in [0.1, 0.15) is 6.04 Å². The van der Waals surface area contributed by atoms with E-state index < -0.39 is 12.0 Å². The number of methoxy groups -OCH3 is 2. The Labute approximate surface area is 108 Å². The van der Waals surface area contributed by atoms with Crippen molar-refractivity contribution in [3.63, 3.8) is 0 Å². The summed E-state index contributed by atoms with van der Waals surface area (Å²) in [6.07, 6.45) is 0.219. The quantitative estimate of drug-likeness (QED) is 0.860. The SMILES string of the molecule is COc1ccc(CC(N)C(=O)O)c(Br)c1OC. The normalized spacial score (nSPS) is 12.0. The molecule has 17 heavy (non-hydrogen) atoms. The number of benzene rings is 1. The lowest BCUT2D eigenvalue weighted by Crippen LogP contribution is -2.32. The van der Waals surface area contributed by atoms with Crippen molar-refractivity contribution in [1.29, 1.82) is 0 Å². The monoisotopic (exact) mass is 303 g/mol. The van der Waals surface area contributed by atoms with Crippen molar-refractivity contribution < 1.29 is 19.4 Å². The second-order valence-electron chi connectivity index (χ2n) is 3.42. The fourth-order valence-corrected chi connectivity index (χ4v) is 2.06. The molecule has 0 bridgehead atoms. The van der Waals surface area contributed by atoms with Crippen molar-refractivity contribution in [1.82, 2.24) is 0 Å². The number of nitrogens with two attached hydrogens (primary N) is 1. The van der Waals surface area contributed by atoms with Gasteiger partial charge >= 0.3 is 5.97 Å². The lowest BCUT2D eigenvalue weighted by molar-refractivity contribution is -0.138. The Bertz CT molecular complexity index is 422. The highest BCUT2D eigenvalue weighted by molar-refractivity contribution is 9.10. The molecule has 0 aliphatic carbocycles. The van der Waals surface area contributed by atoms with Gasteiger partial charge in [-0.1, -0.05) is 6.07 Å². The van der Waals surface area contributed by atoms with Gasteiger partial charge in [0.15, 0.2) is 11.5 Å². The average Bonchev–Trinajstić information content (AvgIpc) is 2.31. The summed E-state index contributed by atoms with van der Waals surface area (Å²) in [4.78, 5) is 10.7. The van der Waals surface area contributed by atoms with Crippen LogP contribution in [0.3, 0.4) is 0 Å². The number of carbonyl (C=O) groups is 1. The smallest absolute Gasteiger partial charge is 0.320 e. The molecule has 0 fully saturated rings. The molecule has 1 aromatic rings. The molecule has 3 N–H and O–H groups in total. The Morgan fingerprint density at radius 1 is 1.47 bits per heavy atom. The summed E-state index contributed by atoms with van der Waals surface area (Å²) in [6.45, 7) is 0. The standard InChI is InChI=1S/C11H14BrNO4/c1-16-8-4-3-6(5-7(13)11(14)15)9(12)10(8)17-2/h3-4,7H,5,13H2,1-2H3,(H,14,15). The fourth-order valence-electron chi connectivity index (χ4n) is 1.41. The van der Waals surface area contributed by atoms with Crippen molar-refractivity contribution in [2.75, 3.05) is 14.2 Å². The number of halogens is 1. The van der Waals surface area contributed by atoms with Gasteiger partial charge in [-0.2, -0.15) is 0 Å². The number of aliphatic carboxylic acids is 1. The first kappa shape index (κ1) is 13.8. The molecule has 1 rings (SSSR count). The van der Waals surface area contributed by atoms with Crippen LogP contribution >= 0.6 is 15.9 Å². The number of carboxylic acids is 1. The molecule has 0 heterocycles. The highest BCUT2D eigenvalue weighted by atomic mass is 79.9. The van der Waals surface area contributed by atoms with Gasteiger partial charge in [0.05, 0.1) is 18.7 Å². The van der Waals surface area contributed by atoms with Crippen LogP contribution in [-0.4, -0.2) is 31.3 Å². The van der Waals surface area contributed by atoms with E-state index in [2.05, 4.69) is 15.9 Å². The largest absolute Gasteiger partial charge is 0.493 e. The second kappa shape index (κ2) is 5.88. The topological polar surface area (TPSA) is 81.8 Å². The number of carboxylic acid groups (broad SMARTS) is 1. The van der Waals surface area contributed by atoms with E-state index in [9.17, 15) is 4.79 Å². The van der Waals surface area contributed by atoms with Crippen LogP contribution in [-0.2, 0) is 11.2 Å². The Hall–Kier alpha value is -1.27. The molecule has 0 aliphatic heterocycles. The van der Waals surface area contributed by atoms with Crippen LogP contribution in [0, 0.1) is 0 Å². The zero-order chi connectivity index (χ0) is 13.0. The van der Waals surface area contributed by atoms with Crippen molar-refractivity contribution >= 4 is 21.9 Å². The van der Waals surface area contributed by atoms with E-state index in [1.165, 1.54) is 14.2 Å².